The molecule has 1 aromatic heterocycles. The zero-order valence-electron chi connectivity index (χ0n) is 10.8. The highest BCUT2D eigenvalue weighted by molar-refractivity contribution is 7.89. The summed E-state index contributed by atoms with van der Waals surface area (Å²) in [5.41, 5.74) is -0.184. The van der Waals surface area contributed by atoms with E-state index in [-0.39, 0.29) is 22.0 Å². The van der Waals surface area contributed by atoms with Gasteiger partial charge in [0.25, 0.3) is 0 Å². The molecule has 0 aliphatic carbocycles. The lowest BCUT2D eigenvalue weighted by atomic mass is 10.2. The van der Waals surface area contributed by atoms with Crippen molar-refractivity contribution in [1.29, 1.82) is 0 Å². The molecule has 2 rings (SSSR count). The minimum atomic E-state index is -3.85. The van der Waals surface area contributed by atoms with Crippen molar-refractivity contribution in [2.75, 3.05) is 0 Å². The standard InChI is InChI=1S/C12H11ClN2O4S2/c1-7-14-5-10(20-7)6-15-21(18,19)11-3-8(12(16)17)2-9(13)4-11/h2-5,15H,6H2,1H3,(H,16,17). The van der Waals surface area contributed by atoms with Crippen molar-refractivity contribution in [3.05, 3.63) is 44.9 Å². The van der Waals surface area contributed by atoms with Gasteiger partial charge in [0.05, 0.1) is 15.5 Å². The normalized spacial score (nSPS) is 11.5. The van der Waals surface area contributed by atoms with E-state index >= 15 is 0 Å². The third-order valence-corrected chi connectivity index (χ3v) is 5.05. The van der Waals surface area contributed by atoms with Gasteiger partial charge in [-0.3, -0.25) is 0 Å². The predicted octanol–water partition coefficient (Wildman–Crippen LogP) is 2.28. The molecule has 2 N–H and O–H groups in total. The summed E-state index contributed by atoms with van der Waals surface area (Å²) < 4.78 is 26.7. The highest BCUT2D eigenvalue weighted by Crippen LogP contribution is 2.20. The van der Waals surface area contributed by atoms with Gasteiger partial charge >= 0.3 is 5.97 Å². The number of nitrogens with one attached hydrogen (secondary N) is 1. The molecule has 0 bridgehead atoms. The van der Waals surface area contributed by atoms with Crippen LogP contribution in [-0.4, -0.2) is 24.5 Å². The summed E-state index contributed by atoms with van der Waals surface area (Å²) in [4.78, 5) is 15.5. The Morgan fingerprint density at radius 2 is 2.14 bits per heavy atom. The molecular weight excluding hydrogens is 336 g/mol. The van der Waals surface area contributed by atoms with E-state index in [1.165, 1.54) is 23.5 Å². The molecule has 112 valence electrons. The van der Waals surface area contributed by atoms with Gasteiger partial charge in [-0.05, 0) is 25.1 Å². The first-order valence-corrected chi connectivity index (χ1v) is 8.40. The molecule has 0 spiro atoms. The number of rotatable bonds is 5. The van der Waals surface area contributed by atoms with Crippen molar-refractivity contribution < 1.29 is 18.3 Å². The minimum absolute atomic E-state index is 0.0453. The van der Waals surface area contributed by atoms with Crippen LogP contribution in [0.15, 0.2) is 29.3 Å². The fourth-order valence-electron chi connectivity index (χ4n) is 1.58. The van der Waals surface area contributed by atoms with Crippen LogP contribution in [0.3, 0.4) is 0 Å². The summed E-state index contributed by atoms with van der Waals surface area (Å²) in [5, 5.41) is 9.81. The Morgan fingerprint density at radius 3 is 2.71 bits per heavy atom. The van der Waals surface area contributed by atoms with Crippen LogP contribution in [0.25, 0.3) is 0 Å². The minimum Gasteiger partial charge on any atom is -0.478 e. The Morgan fingerprint density at radius 1 is 1.43 bits per heavy atom. The lowest BCUT2D eigenvalue weighted by molar-refractivity contribution is 0.0696. The Kier molecular flexibility index (Phi) is 4.62. The SMILES string of the molecule is Cc1ncc(CNS(=O)(=O)c2cc(Cl)cc(C(=O)O)c2)s1. The van der Waals surface area contributed by atoms with Crippen LogP contribution in [0.2, 0.25) is 5.02 Å². The maximum Gasteiger partial charge on any atom is 0.335 e. The largest absolute Gasteiger partial charge is 0.478 e. The molecule has 0 amide bonds. The second kappa shape index (κ2) is 6.10. The van der Waals surface area contributed by atoms with E-state index in [0.29, 0.717) is 0 Å². The number of carbonyl (C=O) groups is 1. The molecule has 0 unspecified atom stereocenters. The Balaban J connectivity index is 2.25. The molecule has 9 heteroatoms. The molecule has 0 saturated carbocycles. The molecule has 0 aliphatic rings. The molecule has 0 fully saturated rings. The van der Waals surface area contributed by atoms with Crippen LogP contribution in [0.1, 0.15) is 20.2 Å². The van der Waals surface area contributed by atoms with E-state index in [1.807, 2.05) is 6.92 Å². The molecule has 1 heterocycles. The number of halogens is 1. The first-order valence-electron chi connectivity index (χ1n) is 5.73. The van der Waals surface area contributed by atoms with Gasteiger partial charge < -0.3 is 5.11 Å². The number of nitrogens with zero attached hydrogens (tertiary/aromatic N) is 1. The summed E-state index contributed by atoms with van der Waals surface area (Å²) in [5.74, 6) is -1.24. The van der Waals surface area contributed by atoms with Crippen molar-refractivity contribution in [3.63, 3.8) is 0 Å². The van der Waals surface area contributed by atoms with Crippen LogP contribution in [-0.2, 0) is 16.6 Å². The smallest absolute Gasteiger partial charge is 0.335 e. The fourth-order valence-corrected chi connectivity index (χ4v) is 3.78. The average molecular weight is 347 g/mol. The molecule has 6 nitrogen and oxygen atoms in total. The van der Waals surface area contributed by atoms with E-state index in [4.69, 9.17) is 16.7 Å². The van der Waals surface area contributed by atoms with E-state index in [9.17, 15) is 13.2 Å². The van der Waals surface area contributed by atoms with Crippen LogP contribution in [0.5, 0.6) is 0 Å². The number of aromatic carboxylic acids is 1. The van der Waals surface area contributed by atoms with Crippen LogP contribution < -0.4 is 4.72 Å². The summed E-state index contributed by atoms with van der Waals surface area (Å²) >= 11 is 7.13. The number of benzene rings is 1. The Hall–Kier alpha value is -1.48. The van der Waals surface area contributed by atoms with Gasteiger partial charge in [0.1, 0.15) is 0 Å². The molecular formula is C12H11ClN2O4S2. The van der Waals surface area contributed by atoms with Crippen molar-refractivity contribution in [2.24, 2.45) is 0 Å². The molecule has 0 saturated heterocycles. The second-order valence-electron chi connectivity index (χ2n) is 4.15. The molecule has 0 atom stereocenters. The van der Waals surface area contributed by atoms with Crippen molar-refractivity contribution >= 4 is 38.9 Å². The fraction of sp³-hybridized carbons (Fsp3) is 0.167. The lowest BCUT2D eigenvalue weighted by Gasteiger charge is -2.07. The summed E-state index contributed by atoms with van der Waals surface area (Å²) in [7, 11) is -3.85. The van der Waals surface area contributed by atoms with E-state index in [0.717, 1.165) is 16.0 Å². The van der Waals surface area contributed by atoms with Crippen molar-refractivity contribution in [3.8, 4) is 0 Å². The van der Waals surface area contributed by atoms with E-state index < -0.39 is 16.0 Å². The van der Waals surface area contributed by atoms with Crippen LogP contribution >= 0.6 is 22.9 Å². The number of hydrogen-bond acceptors (Lipinski definition) is 5. The number of aryl methyl sites for hydroxylation is 1. The zero-order valence-corrected chi connectivity index (χ0v) is 13.2. The van der Waals surface area contributed by atoms with E-state index in [2.05, 4.69) is 9.71 Å². The van der Waals surface area contributed by atoms with Crippen LogP contribution in [0, 0.1) is 6.92 Å². The number of carboxylic acids is 1. The first kappa shape index (κ1) is 15.9. The molecule has 2 aromatic rings. The summed E-state index contributed by atoms with van der Waals surface area (Å²) in [6, 6.07) is 3.46. The zero-order chi connectivity index (χ0) is 15.6. The molecule has 0 radical (unpaired) electrons. The van der Waals surface area contributed by atoms with Gasteiger partial charge in [-0.15, -0.1) is 11.3 Å². The van der Waals surface area contributed by atoms with Gasteiger partial charge in [0.2, 0.25) is 10.0 Å². The summed E-state index contributed by atoms with van der Waals surface area (Å²) in [6.07, 6.45) is 1.59. The third-order valence-electron chi connectivity index (χ3n) is 2.53. The van der Waals surface area contributed by atoms with E-state index in [1.54, 1.807) is 6.20 Å². The molecule has 0 aliphatic heterocycles. The number of sulfonamides is 1. The topological polar surface area (TPSA) is 96.4 Å². The van der Waals surface area contributed by atoms with Crippen LogP contribution in [0.4, 0.5) is 0 Å². The van der Waals surface area contributed by atoms with Gasteiger partial charge in [0, 0.05) is 22.6 Å². The summed E-state index contributed by atoms with van der Waals surface area (Å²) in [6.45, 7) is 1.90. The lowest BCUT2D eigenvalue weighted by Crippen LogP contribution is -2.23. The maximum absolute atomic E-state index is 12.2. The molecule has 21 heavy (non-hydrogen) atoms. The van der Waals surface area contributed by atoms with Gasteiger partial charge in [-0.25, -0.2) is 22.9 Å². The Labute approximate surface area is 130 Å². The van der Waals surface area contributed by atoms with Gasteiger partial charge in [0.15, 0.2) is 0 Å². The second-order valence-corrected chi connectivity index (χ2v) is 7.67. The van der Waals surface area contributed by atoms with Crippen molar-refractivity contribution in [1.82, 2.24) is 9.71 Å². The Bertz CT molecular complexity index is 786. The number of thiazole rings is 1. The monoisotopic (exact) mass is 346 g/mol. The number of carboxylic acid groups (broad SMARTS) is 1. The highest BCUT2D eigenvalue weighted by atomic mass is 35.5. The first-order chi connectivity index (χ1) is 9.78. The molecule has 1 aromatic carbocycles. The van der Waals surface area contributed by atoms with Gasteiger partial charge in [-0.1, -0.05) is 11.6 Å². The maximum atomic E-state index is 12.2. The van der Waals surface area contributed by atoms with Crippen molar-refractivity contribution in [2.45, 2.75) is 18.4 Å². The quantitative estimate of drug-likeness (QED) is 0.865. The van der Waals surface area contributed by atoms with Gasteiger partial charge in [-0.2, -0.15) is 0 Å². The third kappa shape index (κ3) is 4.01. The predicted molar refractivity (Wildman–Crippen MR) is 79.3 cm³/mol. The average Bonchev–Trinajstić information content (AvgIpc) is 2.81. The highest BCUT2D eigenvalue weighted by Gasteiger charge is 2.18. The number of aromatic nitrogens is 1. The number of hydrogen-bond donors (Lipinski definition) is 2.